The molecule has 4 aliphatic rings. The summed E-state index contributed by atoms with van der Waals surface area (Å²) in [4.78, 5) is 11.9. The molecule has 0 heterocycles. The van der Waals surface area contributed by atoms with E-state index in [1.165, 1.54) is 38.5 Å². The van der Waals surface area contributed by atoms with Gasteiger partial charge in [0.1, 0.15) is 0 Å². The van der Waals surface area contributed by atoms with Gasteiger partial charge in [-0.1, -0.05) is 13.8 Å². The second-order valence-electron chi connectivity index (χ2n) is 8.00. The van der Waals surface area contributed by atoms with E-state index in [9.17, 15) is 4.79 Å². The van der Waals surface area contributed by atoms with Crippen molar-refractivity contribution in [3.63, 3.8) is 0 Å². The molecule has 0 spiro atoms. The minimum atomic E-state index is 0.0924. The Morgan fingerprint density at radius 3 is 2.28 bits per heavy atom. The number of rotatable bonds is 3. The molecule has 0 aromatic carbocycles. The van der Waals surface area contributed by atoms with Crippen LogP contribution in [0.5, 0.6) is 0 Å². The van der Waals surface area contributed by atoms with Crippen molar-refractivity contribution in [3.8, 4) is 0 Å². The number of carbonyl (C=O) groups is 1. The van der Waals surface area contributed by atoms with Crippen LogP contribution in [-0.4, -0.2) is 18.0 Å². The molecule has 0 radical (unpaired) electrons. The van der Waals surface area contributed by atoms with E-state index in [0.717, 1.165) is 5.92 Å². The summed E-state index contributed by atoms with van der Waals surface area (Å²) in [5.74, 6) is 0.987. The average Bonchev–Trinajstić information content (AvgIpc) is 2.09. The maximum atomic E-state index is 11.9. The monoisotopic (exact) mass is 250 g/mol. The Bertz CT molecular complexity index is 361. The van der Waals surface area contributed by atoms with Crippen LogP contribution in [0.2, 0.25) is 0 Å². The fourth-order valence-corrected chi connectivity index (χ4v) is 6.08. The highest BCUT2D eigenvalue weighted by atomic mass is 16.1. The van der Waals surface area contributed by atoms with Gasteiger partial charge >= 0.3 is 0 Å². The second kappa shape index (κ2) is 3.72. The lowest BCUT2D eigenvalue weighted by molar-refractivity contribution is -0.139. The molecule has 4 saturated carbocycles. The molecule has 0 aromatic heterocycles. The van der Waals surface area contributed by atoms with Crippen LogP contribution in [0.1, 0.15) is 58.8 Å². The van der Waals surface area contributed by atoms with Crippen molar-refractivity contribution in [2.24, 2.45) is 22.5 Å². The zero-order chi connectivity index (χ0) is 13.0. The van der Waals surface area contributed by atoms with Crippen molar-refractivity contribution >= 4 is 5.91 Å². The lowest BCUT2D eigenvalue weighted by Gasteiger charge is -2.65. The van der Waals surface area contributed by atoms with Crippen LogP contribution in [0.4, 0.5) is 0 Å². The summed E-state index contributed by atoms with van der Waals surface area (Å²) < 4.78 is 0. The summed E-state index contributed by atoms with van der Waals surface area (Å²) in [6, 6.07) is 0. The highest BCUT2D eigenvalue weighted by Crippen LogP contribution is 2.66. The zero-order valence-corrected chi connectivity index (χ0v) is 11.7. The molecule has 0 aromatic rings. The van der Waals surface area contributed by atoms with E-state index in [-0.39, 0.29) is 11.4 Å². The van der Waals surface area contributed by atoms with Crippen LogP contribution >= 0.6 is 0 Å². The molecule has 102 valence electrons. The van der Waals surface area contributed by atoms with Gasteiger partial charge in [0.25, 0.3) is 0 Å². The Morgan fingerprint density at radius 2 is 1.78 bits per heavy atom. The van der Waals surface area contributed by atoms with Gasteiger partial charge in [-0.05, 0) is 55.3 Å². The maximum Gasteiger partial charge on any atom is 0.221 e. The predicted octanol–water partition coefficient (Wildman–Crippen LogP) is 2.20. The molecule has 4 fully saturated rings. The molecule has 1 amide bonds. The van der Waals surface area contributed by atoms with Crippen molar-refractivity contribution in [3.05, 3.63) is 0 Å². The van der Waals surface area contributed by atoms with Crippen molar-refractivity contribution in [1.29, 1.82) is 0 Å². The molecule has 0 saturated heterocycles. The van der Waals surface area contributed by atoms with E-state index in [2.05, 4.69) is 19.2 Å². The Balaban J connectivity index is 1.82. The van der Waals surface area contributed by atoms with Crippen LogP contribution in [0.3, 0.4) is 0 Å². The van der Waals surface area contributed by atoms with Gasteiger partial charge in [0.2, 0.25) is 5.91 Å². The third-order valence-electron chi connectivity index (χ3n) is 5.40. The van der Waals surface area contributed by atoms with Crippen LogP contribution in [0.15, 0.2) is 0 Å². The Morgan fingerprint density at radius 1 is 1.17 bits per heavy atom. The van der Waals surface area contributed by atoms with Gasteiger partial charge in [0.05, 0.1) is 0 Å². The number of hydrogen-bond acceptors (Lipinski definition) is 2. The zero-order valence-electron chi connectivity index (χ0n) is 11.7. The molecule has 2 unspecified atom stereocenters. The van der Waals surface area contributed by atoms with E-state index in [4.69, 9.17) is 5.73 Å². The molecular formula is C15H26N2O. The topological polar surface area (TPSA) is 55.1 Å². The van der Waals surface area contributed by atoms with E-state index in [1.54, 1.807) is 0 Å². The average molecular weight is 250 g/mol. The van der Waals surface area contributed by atoms with Gasteiger partial charge < -0.3 is 11.1 Å². The van der Waals surface area contributed by atoms with Crippen LogP contribution in [-0.2, 0) is 4.79 Å². The number of carbonyl (C=O) groups excluding carboxylic acids is 1. The highest BCUT2D eigenvalue weighted by molar-refractivity contribution is 5.77. The lowest BCUT2D eigenvalue weighted by atomic mass is 9.43. The normalized spacial score (nSPS) is 49.4. The lowest BCUT2D eigenvalue weighted by Crippen LogP contribution is -2.65. The van der Waals surface area contributed by atoms with Gasteiger partial charge in [-0.15, -0.1) is 0 Å². The van der Waals surface area contributed by atoms with Gasteiger partial charge in [-0.2, -0.15) is 0 Å². The van der Waals surface area contributed by atoms with Crippen LogP contribution in [0, 0.1) is 16.7 Å². The highest BCUT2D eigenvalue weighted by Gasteiger charge is 2.60. The standard InChI is InChI=1S/C15H26N2O/c1-13-5-11-6-14(2,8-13)10-15(7-11,9-13)17-12(18)3-4-16/h11H,3-10,16H2,1-2H3,(H,17,18). The Hall–Kier alpha value is -0.570. The van der Waals surface area contributed by atoms with Crippen LogP contribution in [0.25, 0.3) is 0 Å². The summed E-state index contributed by atoms with van der Waals surface area (Å²) in [5, 5.41) is 3.36. The molecule has 2 atom stereocenters. The van der Waals surface area contributed by atoms with Crippen molar-refractivity contribution < 1.29 is 4.79 Å². The summed E-state index contributed by atoms with van der Waals surface area (Å²) >= 11 is 0. The minimum absolute atomic E-state index is 0.0924. The molecule has 3 nitrogen and oxygen atoms in total. The first kappa shape index (κ1) is 12.5. The first-order valence-corrected chi connectivity index (χ1v) is 7.37. The number of nitrogens with two attached hydrogens (primary N) is 1. The molecule has 3 N–H and O–H groups in total. The molecule has 4 rings (SSSR count). The molecule has 18 heavy (non-hydrogen) atoms. The number of nitrogens with one attached hydrogen (secondary N) is 1. The molecule has 4 aliphatic carbocycles. The van der Waals surface area contributed by atoms with E-state index in [1.807, 2.05) is 0 Å². The molecular weight excluding hydrogens is 224 g/mol. The van der Waals surface area contributed by atoms with Crippen LogP contribution < -0.4 is 11.1 Å². The Labute approximate surface area is 110 Å². The Kier molecular flexibility index (Phi) is 2.58. The van der Waals surface area contributed by atoms with Gasteiger partial charge in [-0.3, -0.25) is 4.79 Å². The third kappa shape index (κ3) is 1.97. The van der Waals surface area contributed by atoms with Gasteiger partial charge in [-0.25, -0.2) is 0 Å². The molecule has 3 heteroatoms. The first-order chi connectivity index (χ1) is 8.36. The number of hydrogen-bond donors (Lipinski definition) is 2. The number of amides is 1. The fraction of sp³-hybridized carbons (Fsp3) is 0.933. The smallest absolute Gasteiger partial charge is 0.221 e. The maximum absolute atomic E-state index is 11.9. The van der Waals surface area contributed by atoms with Gasteiger partial charge in [0.15, 0.2) is 0 Å². The summed E-state index contributed by atoms with van der Waals surface area (Å²) in [7, 11) is 0. The quantitative estimate of drug-likeness (QED) is 0.807. The van der Waals surface area contributed by atoms with E-state index in [0.29, 0.717) is 23.8 Å². The summed E-state index contributed by atoms with van der Waals surface area (Å²) in [6.45, 7) is 5.32. The SMILES string of the molecule is CC12CC3CC(C)(C1)CC(NC(=O)CCN)(C3)C2. The van der Waals surface area contributed by atoms with Crippen molar-refractivity contribution in [2.45, 2.75) is 64.3 Å². The third-order valence-corrected chi connectivity index (χ3v) is 5.40. The van der Waals surface area contributed by atoms with E-state index < -0.39 is 0 Å². The molecule has 4 bridgehead atoms. The predicted molar refractivity (Wildman–Crippen MR) is 72.0 cm³/mol. The fourth-order valence-electron chi connectivity index (χ4n) is 6.08. The summed E-state index contributed by atoms with van der Waals surface area (Å²) in [6.07, 6.45) is 8.14. The second-order valence-corrected chi connectivity index (χ2v) is 8.00. The molecule has 0 aliphatic heterocycles. The summed E-state index contributed by atoms with van der Waals surface area (Å²) in [5.41, 5.74) is 6.50. The minimum Gasteiger partial charge on any atom is -0.351 e. The first-order valence-electron chi connectivity index (χ1n) is 7.37. The van der Waals surface area contributed by atoms with E-state index >= 15 is 0 Å². The van der Waals surface area contributed by atoms with Crippen molar-refractivity contribution in [2.75, 3.05) is 6.54 Å². The largest absolute Gasteiger partial charge is 0.351 e. The van der Waals surface area contributed by atoms with Crippen molar-refractivity contribution in [1.82, 2.24) is 5.32 Å². The van der Waals surface area contributed by atoms with Gasteiger partial charge in [0, 0.05) is 18.5 Å².